The Bertz CT molecular complexity index is 657. The van der Waals surface area contributed by atoms with Crippen molar-refractivity contribution in [3.8, 4) is 5.75 Å². The summed E-state index contributed by atoms with van der Waals surface area (Å²) in [5.74, 6) is 0.332. The van der Waals surface area contributed by atoms with E-state index in [1.165, 1.54) is 20.0 Å². The van der Waals surface area contributed by atoms with Crippen molar-refractivity contribution in [2.24, 2.45) is 5.92 Å². The molecule has 0 aliphatic heterocycles. The van der Waals surface area contributed by atoms with Gasteiger partial charge in [-0.2, -0.15) is 0 Å². The first-order chi connectivity index (χ1) is 10.2. The Morgan fingerprint density at radius 2 is 1.81 bits per heavy atom. The van der Waals surface area contributed by atoms with E-state index in [1.54, 1.807) is 12.1 Å². The van der Waals surface area contributed by atoms with Gasteiger partial charge in [-0.3, -0.25) is 4.79 Å². The molecule has 3 heteroatoms. The number of carbonyl (C=O) groups is 1. The summed E-state index contributed by atoms with van der Waals surface area (Å²) in [6.45, 7) is 0. The third kappa shape index (κ3) is 2.73. The number of aromatic hydroxyl groups is 1. The van der Waals surface area contributed by atoms with Crippen molar-refractivity contribution in [2.75, 3.05) is 7.11 Å². The van der Waals surface area contributed by atoms with Crippen LogP contribution in [0.2, 0.25) is 0 Å². The number of hydrogen-bond acceptors (Lipinski definition) is 3. The zero-order valence-corrected chi connectivity index (χ0v) is 12.2. The molecule has 1 aliphatic rings. The summed E-state index contributed by atoms with van der Waals surface area (Å²) >= 11 is 0. The summed E-state index contributed by atoms with van der Waals surface area (Å²) in [4.78, 5) is 12.2. The molecular weight excluding hydrogens is 264 g/mol. The molecule has 0 saturated heterocycles. The summed E-state index contributed by atoms with van der Waals surface area (Å²) in [5.41, 5.74) is 1.02. The molecule has 2 aromatic carbocycles. The second-order valence-corrected chi connectivity index (χ2v) is 5.84. The Morgan fingerprint density at radius 1 is 1.14 bits per heavy atom. The summed E-state index contributed by atoms with van der Waals surface area (Å²) < 4.78 is 5.03. The molecule has 2 aromatic rings. The van der Waals surface area contributed by atoms with E-state index in [0.29, 0.717) is 5.92 Å². The van der Waals surface area contributed by atoms with Crippen LogP contribution < -0.4 is 0 Å². The van der Waals surface area contributed by atoms with Gasteiger partial charge in [0.1, 0.15) is 5.75 Å². The predicted molar refractivity (Wildman–Crippen MR) is 82.3 cm³/mol. The third-order valence-electron chi connectivity index (χ3n) is 4.53. The maximum atomic E-state index is 12.2. The van der Waals surface area contributed by atoms with Crippen LogP contribution in [0.5, 0.6) is 5.75 Å². The van der Waals surface area contributed by atoms with Gasteiger partial charge in [0.2, 0.25) is 0 Å². The molecule has 0 radical (unpaired) electrons. The first kappa shape index (κ1) is 13.9. The lowest BCUT2D eigenvalue weighted by Crippen LogP contribution is -2.21. The number of ether oxygens (including phenoxy) is 1. The van der Waals surface area contributed by atoms with Gasteiger partial charge in [-0.05, 0) is 47.2 Å². The average Bonchev–Trinajstić information content (AvgIpc) is 3.01. The standard InChI is InChI=1S/C18H20O3/c1-21-18(20)17(12-4-2-3-5-12)15-7-6-14-11-16(19)9-8-13(14)10-15/h6-12,17,19H,2-5H2,1H3. The highest BCUT2D eigenvalue weighted by Crippen LogP contribution is 2.39. The fourth-order valence-corrected chi connectivity index (χ4v) is 3.46. The molecule has 1 N–H and O–H groups in total. The van der Waals surface area contributed by atoms with Gasteiger partial charge in [-0.25, -0.2) is 0 Å². The molecule has 1 fully saturated rings. The second kappa shape index (κ2) is 5.76. The van der Waals surface area contributed by atoms with E-state index in [1.807, 2.05) is 18.2 Å². The molecule has 0 aromatic heterocycles. The van der Waals surface area contributed by atoms with Crippen LogP contribution in [0, 0.1) is 5.92 Å². The number of fused-ring (bicyclic) bond motifs is 1. The molecule has 0 bridgehead atoms. The molecule has 0 heterocycles. The van der Waals surface area contributed by atoms with Crippen LogP contribution in [0.3, 0.4) is 0 Å². The lowest BCUT2D eigenvalue weighted by atomic mass is 9.84. The van der Waals surface area contributed by atoms with Gasteiger partial charge in [-0.1, -0.05) is 37.1 Å². The molecular formula is C18H20O3. The third-order valence-corrected chi connectivity index (χ3v) is 4.53. The molecule has 3 rings (SSSR count). The van der Waals surface area contributed by atoms with Crippen LogP contribution >= 0.6 is 0 Å². The van der Waals surface area contributed by atoms with Crippen LogP contribution in [-0.4, -0.2) is 18.2 Å². The predicted octanol–water partition coefficient (Wildman–Crippen LogP) is 3.99. The minimum Gasteiger partial charge on any atom is -0.508 e. The van der Waals surface area contributed by atoms with Gasteiger partial charge in [0.25, 0.3) is 0 Å². The molecule has 3 nitrogen and oxygen atoms in total. The molecule has 1 unspecified atom stereocenters. The molecule has 21 heavy (non-hydrogen) atoms. The lowest BCUT2D eigenvalue weighted by molar-refractivity contribution is -0.143. The fourth-order valence-electron chi connectivity index (χ4n) is 3.46. The molecule has 110 valence electrons. The van der Waals surface area contributed by atoms with Crippen LogP contribution in [0.15, 0.2) is 36.4 Å². The Labute approximate surface area is 124 Å². The fraction of sp³-hybridized carbons (Fsp3) is 0.389. The number of carbonyl (C=O) groups excluding carboxylic acids is 1. The van der Waals surface area contributed by atoms with Crippen LogP contribution in [0.1, 0.15) is 37.2 Å². The van der Waals surface area contributed by atoms with Crippen molar-refractivity contribution >= 4 is 16.7 Å². The van der Waals surface area contributed by atoms with Crippen molar-refractivity contribution in [2.45, 2.75) is 31.6 Å². The monoisotopic (exact) mass is 284 g/mol. The summed E-state index contributed by atoms with van der Waals surface area (Å²) in [6, 6.07) is 11.3. The normalized spacial score (nSPS) is 17.0. The van der Waals surface area contributed by atoms with E-state index in [-0.39, 0.29) is 17.6 Å². The number of benzene rings is 2. The topological polar surface area (TPSA) is 46.5 Å². The Kier molecular flexibility index (Phi) is 3.82. The highest BCUT2D eigenvalue weighted by atomic mass is 16.5. The minimum atomic E-state index is -0.171. The number of methoxy groups -OCH3 is 1. The maximum absolute atomic E-state index is 12.2. The molecule has 0 spiro atoms. The zero-order valence-electron chi connectivity index (χ0n) is 12.2. The molecule has 1 aliphatic carbocycles. The number of esters is 1. The number of phenolic OH excluding ortho intramolecular Hbond substituents is 1. The molecule has 0 amide bonds. The highest BCUT2D eigenvalue weighted by molar-refractivity contribution is 5.87. The van der Waals surface area contributed by atoms with E-state index >= 15 is 0 Å². The largest absolute Gasteiger partial charge is 0.508 e. The van der Waals surface area contributed by atoms with E-state index < -0.39 is 0 Å². The second-order valence-electron chi connectivity index (χ2n) is 5.84. The summed E-state index contributed by atoms with van der Waals surface area (Å²) in [7, 11) is 1.46. The molecule has 1 saturated carbocycles. The van der Waals surface area contributed by atoms with Crippen molar-refractivity contribution < 1.29 is 14.6 Å². The van der Waals surface area contributed by atoms with Gasteiger partial charge in [-0.15, -0.1) is 0 Å². The van der Waals surface area contributed by atoms with E-state index in [9.17, 15) is 9.90 Å². The number of phenols is 1. The molecule has 1 atom stereocenters. The number of rotatable bonds is 3. The van der Waals surface area contributed by atoms with Crippen molar-refractivity contribution in [1.29, 1.82) is 0 Å². The first-order valence-corrected chi connectivity index (χ1v) is 7.49. The van der Waals surface area contributed by atoms with E-state index in [2.05, 4.69) is 6.07 Å². The van der Waals surface area contributed by atoms with Crippen molar-refractivity contribution in [3.63, 3.8) is 0 Å². The zero-order chi connectivity index (χ0) is 14.8. The quantitative estimate of drug-likeness (QED) is 0.867. The Morgan fingerprint density at radius 3 is 2.52 bits per heavy atom. The van der Waals surface area contributed by atoms with E-state index in [0.717, 1.165) is 29.2 Å². The van der Waals surface area contributed by atoms with Gasteiger partial charge in [0.05, 0.1) is 13.0 Å². The van der Waals surface area contributed by atoms with Crippen LogP contribution in [0.4, 0.5) is 0 Å². The van der Waals surface area contributed by atoms with Gasteiger partial charge >= 0.3 is 5.97 Å². The minimum absolute atomic E-state index is 0.139. The van der Waals surface area contributed by atoms with Crippen LogP contribution in [0.25, 0.3) is 10.8 Å². The van der Waals surface area contributed by atoms with Gasteiger partial charge < -0.3 is 9.84 Å². The van der Waals surface area contributed by atoms with Gasteiger partial charge in [0.15, 0.2) is 0 Å². The van der Waals surface area contributed by atoms with Gasteiger partial charge in [0, 0.05) is 0 Å². The summed E-state index contributed by atoms with van der Waals surface area (Å²) in [6.07, 6.45) is 4.57. The van der Waals surface area contributed by atoms with Crippen molar-refractivity contribution in [1.82, 2.24) is 0 Å². The average molecular weight is 284 g/mol. The van der Waals surface area contributed by atoms with E-state index in [4.69, 9.17) is 4.74 Å². The maximum Gasteiger partial charge on any atom is 0.313 e. The Hall–Kier alpha value is -2.03. The SMILES string of the molecule is COC(=O)C(c1ccc2cc(O)ccc2c1)C1CCCC1. The summed E-state index contributed by atoms with van der Waals surface area (Å²) in [5, 5.41) is 11.6. The Balaban J connectivity index is 2.01. The van der Waals surface area contributed by atoms with Crippen LogP contribution in [-0.2, 0) is 9.53 Å². The highest BCUT2D eigenvalue weighted by Gasteiger charge is 2.32. The lowest BCUT2D eigenvalue weighted by Gasteiger charge is -2.21. The first-order valence-electron chi connectivity index (χ1n) is 7.49. The van der Waals surface area contributed by atoms with Crippen molar-refractivity contribution in [3.05, 3.63) is 42.0 Å². The number of hydrogen-bond donors (Lipinski definition) is 1. The smallest absolute Gasteiger partial charge is 0.313 e.